The highest BCUT2D eigenvalue weighted by molar-refractivity contribution is 14.1. The lowest BCUT2D eigenvalue weighted by molar-refractivity contribution is 0.172. The lowest BCUT2D eigenvalue weighted by atomic mass is 10.2. The van der Waals surface area contributed by atoms with E-state index in [0.717, 1.165) is 26.6 Å². The van der Waals surface area contributed by atoms with Crippen LogP contribution in [0.1, 0.15) is 6.42 Å². The summed E-state index contributed by atoms with van der Waals surface area (Å²) < 4.78 is 11.8. The van der Waals surface area contributed by atoms with Gasteiger partial charge in [-0.1, -0.05) is 0 Å². The van der Waals surface area contributed by atoms with Crippen LogP contribution < -0.4 is 4.74 Å². The summed E-state index contributed by atoms with van der Waals surface area (Å²) in [5, 5.41) is 0.955. The Morgan fingerprint density at radius 2 is 2.18 bits per heavy atom. The number of hydrogen-bond donors (Lipinski definition) is 0. The van der Waals surface area contributed by atoms with Crippen LogP contribution in [-0.4, -0.2) is 30.3 Å². The summed E-state index contributed by atoms with van der Waals surface area (Å²) in [4.78, 5) is 8.44. The Kier molecular flexibility index (Phi) is 4.49. The number of ether oxygens (including phenoxy) is 2. The SMILES string of the molecule is COCCCOc1c(I)cnc2ccncc12. The first kappa shape index (κ1) is 12.5. The van der Waals surface area contributed by atoms with Crippen molar-refractivity contribution in [2.24, 2.45) is 0 Å². The Hall–Kier alpha value is -0.950. The molecule has 0 N–H and O–H groups in total. The van der Waals surface area contributed by atoms with Crippen LogP contribution in [0.2, 0.25) is 0 Å². The van der Waals surface area contributed by atoms with Crippen LogP contribution in [0.15, 0.2) is 24.7 Å². The van der Waals surface area contributed by atoms with E-state index in [4.69, 9.17) is 9.47 Å². The molecule has 0 aliphatic heterocycles. The summed E-state index contributed by atoms with van der Waals surface area (Å²) in [5.74, 6) is 0.861. The zero-order valence-corrected chi connectivity index (χ0v) is 11.7. The molecule has 4 nitrogen and oxygen atoms in total. The summed E-state index contributed by atoms with van der Waals surface area (Å²) >= 11 is 2.22. The second-order valence-corrected chi connectivity index (χ2v) is 4.69. The van der Waals surface area contributed by atoms with Crippen molar-refractivity contribution in [3.05, 3.63) is 28.2 Å². The molecule has 0 radical (unpaired) electrons. The van der Waals surface area contributed by atoms with Gasteiger partial charge in [-0.25, -0.2) is 0 Å². The number of fused-ring (bicyclic) bond motifs is 1. The molecule has 0 aromatic carbocycles. The average Bonchev–Trinajstić information content (AvgIpc) is 2.37. The smallest absolute Gasteiger partial charge is 0.145 e. The summed E-state index contributed by atoms with van der Waals surface area (Å²) in [6, 6.07) is 1.88. The lowest BCUT2D eigenvalue weighted by Gasteiger charge is -2.10. The number of rotatable bonds is 5. The molecule has 0 spiro atoms. The van der Waals surface area contributed by atoms with Gasteiger partial charge >= 0.3 is 0 Å². The van der Waals surface area contributed by atoms with Crippen molar-refractivity contribution in [1.29, 1.82) is 0 Å². The van der Waals surface area contributed by atoms with Crippen LogP contribution in [0.3, 0.4) is 0 Å². The third-order valence-electron chi connectivity index (χ3n) is 2.32. The van der Waals surface area contributed by atoms with E-state index in [0.29, 0.717) is 13.2 Å². The van der Waals surface area contributed by atoms with Crippen molar-refractivity contribution in [3.63, 3.8) is 0 Å². The minimum atomic E-state index is 0.637. The molecule has 0 amide bonds. The van der Waals surface area contributed by atoms with Crippen molar-refractivity contribution >= 4 is 33.5 Å². The molecule has 2 aromatic heterocycles. The first-order valence-electron chi connectivity index (χ1n) is 5.33. The van der Waals surface area contributed by atoms with E-state index in [1.54, 1.807) is 19.5 Å². The van der Waals surface area contributed by atoms with E-state index >= 15 is 0 Å². The molecular formula is C12H13IN2O2. The Bertz CT molecular complexity index is 505. The number of halogens is 1. The zero-order chi connectivity index (χ0) is 12.1. The van der Waals surface area contributed by atoms with Gasteiger partial charge in [-0.05, 0) is 28.7 Å². The Morgan fingerprint density at radius 1 is 1.29 bits per heavy atom. The van der Waals surface area contributed by atoms with Crippen LogP contribution in [0.5, 0.6) is 5.75 Å². The van der Waals surface area contributed by atoms with E-state index in [1.807, 2.05) is 12.3 Å². The number of nitrogens with zero attached hydrogens (tertiary/aromatic N) is 2. The highest BCUT2D eigenvalue weighted by atomic mass is 127. The van der Waals surface area contributed by atoms with Gasteiger partial charge in [0.05, 0.1) is 21.1 Å². The standard InChI is InChI=1S/C12H13IN2O2/c1-16-5-2-6-17-12-9-7-14-4-3-11(9)15-8-10(12)13/h3-4,7-8H,2,5-6H2,1H3. The van der Waals surface area contributed by atoms with E-state index < -0.39 is 0 Å². The lowest BCUT2D eigenvalue weighted by Crippen LogP contribution is -2.03. The largest absolute Gasteiger partial charge is 0.492 e. The molecule has 0 saturated carbocycles. The number of methoxy groups -OCH3 is 1. The van der Waals surface area contributed by atoms with Gasteiger partial charge in [-0.3, -0.25) is 9.97 Å². The topological polar surface area (TPSA) is 44.2 Å². The highest BCUT2D eigenvalue weighted by Crippen LogP contribution is 2.28. The van der Waals surface area contributed by atoms with E-state index in [-0.39, 0.29) is 0 Å². The maximum atomic E-state index is 5.78. The van der Waals surface area contributed by atoms with Gasteiger partial charge in [-0.2, -0.15) is 0 Å². The van der Waals surface area contributed by atoms with Crippen molar-refractivity contribution in [2.75, 3.05) is 20.3 Å². The second kappa shape index (κ2) is 6.11. The van der Waals surface area contributed by atoms with Crippen molar-refractivity contribution in [2.45, 2.75) is 6.42 Å². The highest BCUT2D eigenvalue weighted by Gasteiger charge is 2.08. The van der Waals surface area contributed by atoms with E-state index in [2.05, 4.69) is 32.6 Å². The molecule has 0 fully saturated rings. The first-order valence-corrected chi connectivity index (χ1v) is 6.41. The van der Waals surface area contributed by atoms with Crippen molar-refractivity contribution in [1.82, 2.24) is 9.97 Å². The maximum Gasteiger partial charge on any atom is 0.145 e. The number of aromatic nitrogens is 2. The fraction of sp³-hybridized carbons (Fsp3) is 0.333. The van der Waals surface area contributed by atoms with Gasteiger partial charge in [0.25, 0.3) is 0 Å². The minimum Gasteiger partial charge on any atom is -0.492 e. The fourth-order valence-electron chi connectivity index (χ4n) is 1.51. The van der Waals surface area contributed by atoms with Gasteiger partial charge in [0, 0.05) is 38.7 Å². The van der Waals surface area contributed by atoms with Gasteiger partial charge in [0.1, 0.15) is 5.75 Å². The Labute approximate surface area is 114 Å². The van der Waals surface area contributed by atoms with Gasteiger partial charge in [-0.15, -0.1) is 0 Å². The Balaban J connectivity index is 2.22. The monoisotopic (exact) mass is 344 g/mol. The maximum absolute atomic E-state index is 5.78. The molecule has 2 heterocycles. The molecule has 0 unspecified atom stereocenters. The third kappa shape index (κ3) is 3.04. The van der Waals surface area contributed by atoms with Crippen LogP contribution in [-0.2, 0) is 4.74 Å². The molecule has 2 aromatic rings. The first-order chi connectivity index (χ1) is 8.33. The Morgan fingerprint density at radius 3 is 3.00 bits per heavy atom. The van der Waals surface area contributed by atoms with E-state index in [9.17, 15) is 0 Å². The molecule has 0 atom stereocenters. The van der Waals surface area contributed by atoms with Gasteiger partial charge in [0.15, 0.2) is 0 Å². The molecule has 0 bridgehead atoms. The molecule has 2 rings (SSSR count). The van der Waals surface area contributed by atoms with Crippen LogP contribution in [0.25, 0.3) is 10.9 Å². The second-order valence-electron chi connectivity index (χ2n) is 3.52. The molecule has 90 valence electrons. The summed E-state index contributed by atoms with van der Waals surface area (Å²) in [5.41, 5.74) is 0.905. The molecule has 5 heteroatoms. The average molecular weight is 344 g/mol. The van der Waals surface area contributed by atoms with Crippen molar-refractivity contribution in [3.8, 4) is 5.75 Å². The number of pyridine rings is 2. The molecule has 0 saturated heterocycles. The molecule has 0 aliphatic rings. The predicted molar refractivity (Wildman–Crippen MR) is 74.2 cm³/mol. The van der Waals surface area contributed by atoms with Crippen molar-refractivity contribution < 1.29 is 9.47 Å². The van der Waals surface area contributed by atoms with E-state index in [1.165, 1.54) is 0 Å². The quantitative estimate of drug-likeness (QED) is 0.618. The van der Waals surface area contributed by atoms with Crippen LogP contribution in [0.4, 0.5) is 0 Å². The van der Waals surface area contributed by atoms with Crippen LogP contribution >= 0.6 is 22.6 Å². The molecule has 0 aliphatic carbocycles. The summed E-state index contributed by atoms with van der Waals surface area (Å²) in [6.45, 7) is 1.34. The third-order valence-corrected chi connectivity index (χ3v) is 3.08. The zero-order valence-electron chi connectivity index (χ0n) is 9.52. The summed E-state index contributed by atoms with van der Waals surface area (Å²) in [6.07, 6.45) is 6.21. The fourth-order valence-corrected chi connectivity index (χ4v) is 2.10. The minimum absolute atomic E-state index is 0.637. The van der Waals surface area contributed by atoms with Gasteiger partial charge < -0.3 is 9.47 Å². The predicted octanol–water partition coefficient (Wildman–Crippen LogP) is 2.65. The molecule has 17 heavy (non-hydrogen) atoms. The van der Waals surface area contributed by atoms with Gasteiger partial charge in [0.2, 0.25) is 0 Å². The number of hydrogen-bond acceptors (Lipinski definition) is 4. The molecular weight excluding hydrogens is 331 g/mol. The van der Waals surface area contributed by atoms with Crippen LogP contribution in [0, 0.1) is 3.57 Å². The normalized spacial score (nSPS) is 10.7. The summed E-state index contributed by atoms with van der Waals surface area (Å²) in [7, 11) is 1.69.